The summed E-state index contributed by atoms with van der Waals surface area (Å²) in [5, 5.41) is 0. The van der Waals surface area contributed by atoms with Crippen LogP contribution in [0.5, 0.6) is 0 Å². The number of carbonyl (C=O) groups is 2. The minimum Gasteiger partial charge on any atom is -0.455 e. The molecule has 0 amide bonds. The minimum absolute atomic E-state index is 0.00809. The van der Waals surface area contributed by atoms with E-state index >= 15 is 0 Å². The fourth-order valence-electron chi connectivity index (χ4n) is 2.74. The summed E-state index contributed by atoms with van der Waals surface area (Å²) in [7, 11) is 0. The van der Waals surface area contributed by atoms with Gasteiger partial charge in [-0.25, -0.2) is 9.59 Å². The van der Waals surface area contributed by atoms with Gasteiger partial charge in [0.2, 0.25) is 0 Å². The van der Waals surface area contributed by atoms with E-state index in [1.54, 1.807) is 55.5 Å². The molecule has 2 aromatic carbocycles. The van der Waals surface area contributed by atoms with Gasteiger partial charge in [0.15, 0.2) is 0 Å². The van der Waals surface area contributed by atoms with Crippen molar-refractivity contribution in [1.82, 2.24) is 0 Å². The number of ether oxygens (including phenoxy) is 2. The van der Waals surface area contributed by atoms with Gasteiger partial charge in [-0.05, 0) is 50.5 Å². The predicted octanol–water partition coefficient (Wildman–Crippen LogP) is 4.89. The Hall–Kier alpha value is -2.62. The fraction of sp³-hybridized carbons (Fsp3) is 0.364. The molecule has 4 nitrogen and oxygen atoms in total. The van der Waals surface area contributed by atoms with E-state index in [9.17, 15) is 9.59 Å². The zero-order chi connectivity index (χ0) is 19.2. The van der Waals surface area contributed by atoms with Crippen LogP contribution in [-0.4, -0.2) is 23.6 Å². The Bertz CT molecular complexity index is 726. The Kier molecular flexibility index (Phi) is 6.56. The number of hydrogen-bond donors (Lipinski definition) is 0. The lowest BCUT2D eigenvalue weighted by Gasteiger charge is -2.39. The quantitative estimate of drug-likeness (QED) is 0.664. The van der Waals surface area contributed by atoms with E-state index in [1.807, 2.05) is 32.9 Å². The molecular formula is C22H26O4. The Labute approximate surface area is 155 Å². The van der Waals surface area contributed by atoms with Gasteiger partial charge in [-0.15, -0.1) is 0 Å². The second-order valence-electron chi connectivity index (χ2n) is 6.66. The average molecular weight is 354 g/mol. The molecule has 3 atom stereocenters. The Balaban J connectivity index is 2.19. The molecule has 2 aromatic rings. The molecule has 3 unspecified atom stereocenters. The molecule has 0 aromatic heterocycles. The summed E-state index contributed by atoms with van der Waals surface area (Å²) in [5.41, 5.74) is 0.00963. The van der Waals surface area contributed by atoms with Gasteiger partial charge in [0.25, 0.3) is 0 Å². The molecular weight excluding hydrogens is 328 g/mol. The summed E-state index contributed by atoms with van der Waals surface area (Å²) in [5.74, 6) is -0.840. The van der Waals surface area contributed by atoms with Crippen molar-refractivity contribution in [3.05, 3.63) is 71.8 Å². The molecule has 0 radical (unpaired) electrons. The van der Waals surface area contributed by atoms with Gasteiger partial charge < -0.3 is 9.47 Å². The normalized spacial score (nSPS) is 15.4. The van der Waals surface area contributed by atoms with Crippen molar-refractivity contribution in [2.24, 2.45) is 5.92 Å². The van der Waals surface area contributed by atoms with E-state index in [4.69, 9.17) is 9.47 Å². The van der Waals surface area contributed by atoms with Crippen molar-refractivity contribution in [2.45, 2.75) is 45.8 Å². The molecule has 0 spiro atoms. The molecule has 138 valence electrons. The van der Waals surface area contributed by atoms with Crippen molar-refractivity contribution >= 4 is 11.9 Å². The third-order valence-corrected chi connectivity index (χ3v) is 5.01. The van der Waals surface area contributed by atoms with Gasteiger partial charge in [-0.2, -0.15) is 0 Å². The van der Waals surface area contributed by atoms with E-state index in [0.717, 1.165) is 6.42 Å². The Morgan fingerprint density at radius 3 is 1.81 bits per heavy atom. The highest BCUT2D eigenvalue weighted by Crippen LogP contribution is 2.31. The molecule has 0 N–H and O–H groups in total. The highest BCUT2D eigenvalue weighted by atomic mass is 16.6. The SMILES string of the molecule is CCC(C)C(C)(OC(=O)c1ccccc1)C(C)OC(=O)c1ccccc1. The lowest BCUT2D eigenvalue weighted by Crippen LogP contribution is -2.49. The molecule has 26 heavy (non-hydrogen) atoms. The smallest absolute Gasteiger partial charge is 0.338 e. The first kappa shape index (κ1) is 19.7. The van der Waals surface area contributed by atoms with E-state index < -0.39 is 23.6 Å². The molecule has 0 saturated heterocycles. The first-order valence-corrected chi connectivity index (χ1v) is 8.93. The van der Waals surface area contributed by atoms with Crippen molar-refractivity contribution < 1.29 is 19.1 Å². The number of carbonyl (C=O) groups excluding carboxylic acids is 2. The summed E-state index contributed by atoms with van der Waals surface area (Å²) in [6, 6.07) is 17.6. The molecule has 0 aliphatic rings. The lowest BCUT2D eigenvalue weighted by atomic mass is 9.84. The monoisotopic (exact) mass is 354 g/mol. The summed E-state index contributed by atoms with van der Waals surface area (Å²) in [4.78, 5) is 25.0. The molecule has 0 bridgehead atoms. The number of hydrogen-bond acceptors (Lipinski definition) is 4. The van der Waals surface area contributed by atoms with Gasteiger partial charge in [-0.1, -0.05) is 50.2 Å². The van der Waals surface area contributed by atoms with Crippen molar-refractivity contribution in [1.29, 1.82) is 0 Å². The van der Waals surface area contributed by atoms with Crippen LogP contribution in [0.2, 0.25) is 0 Å². The topological polar surface area (TPSA) is 52.6 Å². The average Bonchev–Trinajstić information content (AvgIpc) is 2.68. The lowest BCUT2D eigenvalue weighted by molar-refractivity contribution is -0.108. The highest BCUT2D eigenvalue weighted by molar-refractivity contribution is 5.90. The largest absolute Gasteiger partial charge is 0.455 e. The summed E-state index contributed by atoms with van der Waals surface area (Å²) < 4.78 is 11.5. The zero-order valence-electron chi connectivity index (χ0n) is 15.8. The summed E-state index contributed by atoms with van der Waals surface area (Å²) in [6.07, 6.45) is 0.184. The first-order valence-electron chi connectivity index (χ1n) is 8.93. The van der Waals surface area contributed by atoms with Crippen molar-refractivity contribution in [2.75, 3.05) is 0 Å². The predicted molar refractivity (Wildman–Crippen MR) is 101 cm³/mol. The van der Waals surface area contributed by atoms with Crippen LogP contribution in [0, 0.1) is 5.92 Å². The van der Waals surface area contributed by atoms with Crippen LogP contribution in [0.15, 0.2) is 60.7 Å². The van der Waals surface area contributed by atoms with Crippen LogP contribution < -0.4 is 0 Å². The molecule has 0 heterocycles. The third-order valence-electron chi connectivity index (χ3n) is 5.01. The van der Waals surface area contributed by atoms with Crippen LogP contribution in [0.1, 0.15) is 54.8 Å². The zero-order valence-corrected chi connectivity index (χ0v) is 15.8. The number of benzene rings is 2. The Morgan fingerprint density at radius 1 is 0.885 bits per heavy atom. The van der Waals surface area contributed by atoms with E-state index in [2.05, 4.69) is 0 Å². The van der Waals surface area contributed by atoms with Crippen LogP contribution in [0.3, 0.4) is 0 Å². The van der Waals surface area contributed by atoms with Gasteiger partial charge in [0.1, 0.15) is 11.7 Å². The van der Waals surface area contributed by atoms with Gasteiger partial charge in [0, 0.05) is 0 Å². The second-order valence-corrected chi connectivity index (χ2v) is 6.66. The van der Waals surface area contributed by atoms with E-state index in [0.29, 0.717) is 11.1 Å². The molecule has 4 heteroatoms. The van der Waals surface area contributed by atoms with E-state index in [-0.39, 0.29) is 5.92 Å². The second kappa shape index (κ2) is 8.65. The van der Waals surface area contributed by atoms with Crippen LogP contribution in [0.25, 0.3) is 0 Å². The minimum atomic E-state index is -0.938. The maximum atomic E-state index is 12.6. The molecule has 0 fully saturated rings. The van der Waals surface area contributed by atoms with E-state index in [1.165, 1.54) is 0 Å². The molecule has 2 rings (SSSR count). The maximum absolute atomic E-state index is 12.6. The van der Waals surface area contributed by atoms with Gasteiger partial charge in [0.05, 0.1) is 11.1 Å². The Morgan fingerprint density at radius 2 is 1.35 bits per heavy atom. The van der Waals surface area contributed by atoms with Crippen molar-refractivity contribution in [3.63, 3.8) is 0 Å². The number of esters is 2. The molecule has 0 aliphatic carbocycles. The maximum Gasteiger partial charge on any atom is 0.338 e. The van der Waals surface area contributed by atoms with Crippen LogP contribution in [-0.2, 0) is 9.47 Å². The van der Waals surface area contributed by atoms with Crippen LogP contribution >= 0.6 is 0 Å². The number of rotatable bonds is 7. The highest BCUT2D eigenvalue weighted by Gasteiger charge is 2.42. The molecule has 0 aliphatic heterocycles. The van der Waals surface area contributed by atoms with Gasteiger partial charge in [-0.3, -0.25) is 0 Å². The van der Waals surface area contributed by atoms with Crippen molar-refractivity contribution in [3.8, 4) is 0 Å². The third kappa shape index (κ3) is 4.51. The first-order chi connectivity index (χ1) is 12.4. The fourth-order valence-corrected chi connectivity index (χ4v) is 2.74. The summed E-state index contributed by atoms with van der Waals surface area (Å²) >= 11 is 0. The summed E-state index contributed by atoms with van der Waals surface area (Å²) in [6.45, 7) is 7.60. The van der Waals surface area contributed by atoms with Gasteiger partial charge >= 0.3 is 11.9 Å². The van der Waals surface area contributed by atoms with Crippen LogP contribution in [0.4, 0.5) is 0 Å². The molecule has 0 saturated carbocycles. The standard InChI is InChI=1S/C22H26O4/c1-5-16(2)22(4,26-21(24)19-14-10-7-11-15-19)17(3)25-20(23)18-12-8-6-9-13-18/h6-17H,5H2,1-4H3.